The lowest BCUT2D eigenvalue weighted by Gasteiger charge is -2.13. The van der Waals surface area contributed by atoms with E-state index in [0.29, 0.717) is 0 Å². The Labute approximate surface area is 149 Å². The van der Waals surface area contributed by atoms with E-state index >= 15 is 0 Å². The van der Waals surface area contributed by atoms with Crippen molar-refractivity contribution in [3.8, 4) is 0 Å². The molecule has 0 spiro atoms. The van der Waals surface area contributed by atoms with Crippen molar-refractivity contribution in [2.24, 2.45) is 0 Å². The molecule has 0 radical (unpaired) electrons. The summed E-state index contributed by atoms with van der Waals surface area (Å²) in [6.45, 7) is 2.09. The highest BCUT2D eigenvalue weighted by molar-refractivity contribution is 8.00. The number of para-hydroxylation sites is 1. The van der Waals surface area contributed by atoms with Gasteiger partial charge in [-0.2, -0.15) is 0 Å². The van der Waals surface area contributed by atoms with Crippen molar-refractivity contribution < 1.29 is 0 Å². The van der Waals surface area contributed by atoms with Gasteiger partial charge in [-0.15, -0.1) is 11.3 Å². The van der Waals surface area contributed by atoms with E-state index in [9.17, 15) is 0 Å². The number of thioether (sulfide) groups is 1. The van der Waals surface area contributed by atoms with Gasteiger partial charge in [0.15, 0.2) is 4.34 Å². The Bertz CT molecular complexity index is 811. The number of nitrogens with zero attached hydrogens (tertiary/aromatic N) is 1. The van der Waals surface area contributed by atoms with Crippen LogP contribution in [-0.2, 0) is 18.6 Å². The summed E-state index contributed by atoms with van der Waals surface area (Å²) in [5, 5.41) is 4.36. The van der Waals surface area contributed by atoms with E-state index < -0.39 is 0 Å². The molecular formula is C18H17ClN2S2. The van der Waals surface area contributed by atoms with Crippen LogP contribution in [0.15, 0.2) is 40.7 Å². The third kappa shape index (κ3) is 3.26. The van der Waals surface area contributed by atoms with Crippen LogP contribution in [0.1, 0.15) is 16.7 Å². The summed E-state index contributed by atoms with van der Waals surface area (Å²) in [6, 6.07) is 12.6. The van der Waals surface area contributed by atoms with Crippen LogP contribution in [0, 0.1) is 0 Å². The third-order valence-electron chi connectivity index (χ3n) is 4.21. The van der Waals surface area contributed by atoms with Crippen LogP contribution in [0.25, 0.3) is 10.2 Å². The average Bonchev–Trinajstić information content (AvgIpc) is 2.83. The number of rotatable bonds is 3. The monoisotopic (exact) mass is 360 g/mol. The Hall–Kier alpha value is -1.07. The molecule has 0 aliphatic carbocycles. The molecule has 1 aliphatic rings. The Morgan fingerprint density at radius 2 is 2.00 bits per heavy atom. The number of thiazole rings is 1. The highest BCUT2D eigenvalue weighted by Crippen LogP contribution is 2.35. The zero-order valence-corrected chi connectivity index (χ0v) is 15.0. The van der Waals surface area contributed by atoms with Crippen LogP contribution >= 0.6 is 34.7 Å². The van der Waals surface area contributed by atoms with Gasteiger partial charge in [-0.25, -0.2) is 4.98 Å². The highest BCUT2D eigenvalue weighted by atomic mass is 35.5. The van der Waals surface area contributed by atoms with E-state index in [2.05, 4.69) is 35.6 Å². The first-order valence-electron chi connectivity index (χ1n) is 7.79. The lowest BCUT2D eigenvalue weighted by molar-refractivity contribution is 0.710. The van der Waals surface area contributed by atoms with Crippen LogP contribution in [0.2, 0.25) is 5.02 Å². The smallest absolute Gasteiger partial charge is 0.151 e. The van der Waals surface area contributed by atoms with E-state index in [-0.39, 0.29) is 0 Å². The molecule has 0 saturated heterocycles. The first-order chi connectivity index (χ1) is 11.3. The summed E-state index contributed by atoms with van der Waals surface area (Å²) in [7, 11) is 0. The maximum atomic E-state index is 6.51. The Morgan fingerprint density at radius 3 is 2.91 bits per heavy atom. The lowest BCUT2D eigenvalue weighted by atomic mass is 9.98. The van der Waals surface area contributed by atoms with Gasteiger partial charge in [-0.05, 0) is 60.8 Å². The van der Waals surface area contributed by atoms with Gasteiger partial charge >= 0.3 is 0 Å². The standard InChI is InChI=1S/C18H17ClN2S2/c19-15-6-5-12-7-9-20-10-8-13(12)14(15)11-22-18-21-16-3-1-2-4-17(16)23-18/h1-6,20H,7-11H2. The quantitative estimate of drug-likeness (QED) is 0.670. The van der Waals surface area contributed by atoms with Gasteiger partial charge in [0.05, 0.1) is 10.2 Å². The molecule has 3 aromatic rings. The first kappa shape index (κ1) is 15.5. The molecule has 0 saturated carbocycles. The van der Waals surface area contributed by atoms with E-state index in [1.54, 1.807) is 23.1 Å². The van der Waals surface area contributed by atoms with E-state index in [1.165, 1.54) is 21.4 Å². The van der Waals surface area contributed by atoms with Gasteiger partial charge in [0, 0.05) is 10.8 Å². The largest absolute Gasteiger partial charge is 0.316 e. The second-order valence-electron chi connectivity index (χ2n) is 5.65. The maximum Gasteiger partial charge on any atom is 0.151 e. The third-order valence-corrected chi connectivity index (χ3v) is 6.77. The van der Waals surface area contributed by atoms with Gasteiger partial charge in [0.1, 0.15) is 0 Å². The van der Waals surface area contributed by atoms with Crippen LogP contribution in [0.5, 0.6) is 0 Å². The van der Waals surface area contributed by atoms with Gasteiger partial charge in [0.25, 0.3) is 0 Å². The molecule has 4 rings (SSSR count). The summed E-state index contributed by atoms with van der Waals surface area (Å²) in [5.41, 5.74) is 5.26. The van der Waals surface area contributed by atoms with E-state index in [4.69, 9.17) is 16.6 Å². The molecule has 2 nitrogen and oxygen atoms in total. The van der Waals surface area contributed by atoms with Crippen molar-refractivity contribution in [3.63, 3.8) is 0 Å². The van der Waals surface area contributed by atoms with Crippen LogP contribution < -0.4 is 5.32 Å². The van der Waals surface area contributed by atoms with Crippen molar-refractivity contribution in [2.45, 2.75) is 22.9 Å². The van der Waals surface area contributed by atoms with Crippen molar-refractivity contribution in [1.82, 2.24) is 10.3 Å². The summed E-state index contributed by atoms with van der Waals surface area (Å²) < 4.78 is 2.36. The molecule has 118 valence electrons. The zero-order valence-electron chi connectivity index (χ0n) is 12.6. The summed E-state index contributed by atoms with van der Waals surface area (Å²) in [4.78, 5) is 4.71. The van der Waals surface area contributed by atoms with Crippen LogP contribution in [-0.4, -0.2) is 18.1 Å². The minimum atomic E-state index is 0.888. The topological polar surface area (TPSA) is 24.9 Å². The second kappa shape index (κ2) is 6.81. The molecule has 1 N–H and O–H groups in total. The van der Waals surface area contributed by atoms with Gasteiger partial charge < -0.3 is 5.32 Å². The highest BCUT2D eigenvalue weighted by Gasteiger charge is 2.15. The number of aromatic nitrogens is 1. The molecule has 2 aromatic carbocycles. The fourth-order valence-electron chi connectivity index (χ4n) is 3.02. The summed E-state index contributed by atoms with van der Waals surface area (Å²) >= 11 is 10.1. The SMILES string of the molecule is Clc1ccc2c(c1CSc1nc3ccccc3s1)CCNCC2. The Balaban J connectivity index is 1.61. The fraction of sp³-hybridized carbons (Fsp3) is 0.278. The predicted octanol–water partition coefficient (Wildman–Crippen LogP) is 4.93. The molecule has 0 atom stereocenters. The van der Waals surface area contributed by atoms with Crippen LogP contribution in [0.4, 0.5) is 0 Å². The molecule has 0 fully saturated rings. The zero-order chi connectivity index (χ0) is 15.6. The predicted molar refractivity (Wildman–Crippen MR) is 101 cm³/mol. The average molecular weight is 361 g/mol. The van der Waals surface area contributed by atoms with E-state index in [1.807, 2.05) is 6.07 Å². The molecule has 0 bridgehead atoms. The van der Waals surface area contributed by atoms with Crippen molar-refractivity contribution >= 4 is 44.9 Å². The number of benzene rings is 2. The molecule has 2 heterocycles. The molecule has 23 heavy (non-hydrogen) atoms. The molecule has 1 aliphatic heterocycles. The minimum absolute atomic E-state index is 0.888. The Kier molecular flexibility index (Phi) is 4.58. The number of nitrogens with one attached hydrogen (secondary N) is 1. The molecular weight excluding hydrogens is 344 g/mol. The number of hydrogen-bond donors (Lipinski definition) is 1. The molecule has 0 unspecified atom stereocenters. The first-order valence-corrected chi connectivity index (χ1v) is 9.97. The van der Waals surface area contributed by atoms with Crippen molar-refractivity contribution in [3.05, 3.63) is 58.1 Å². The maximum absolute atomic E-state index is 6.51. The van der Waals surface area contributed by atoms with E-state index in [0.717, 1.165) is 46.6 Å². The lowest BCUT2D eigenvalue weighted by Crippen LogP contribution is -2.16. The number of fused-ring (bicyclic) bond motifs is 2. The molecule has 1 aromatic heterocycles. The molecule has 0 amide bonds. The van der Waals surface area contributed by atoms with Crippen LogP contribution in [0.3, 0.4) is 0 Å². The molecule has 5 heteroatoms. The normalized spacial score (nSPS) is 14.7. The summed E-state index contributed by atoms with van der Waals surface area (Å²) in [6.07, 6.45) is 2.15. The van der Waals surface area contributed by atoms with Crippen molar-refractivity contribution in [1.29, 1.82) is 0 Å². The fourth-order valence-corrected chi connectivity index (χ4v) is 5.49. The van der Waals surface area contributed by atoms with Crippen molar-refractivity contribution in [2.75, 3.05) is 13.1 Å². The Morgan fingerprint density at radius 1 is 1.13 bits per heavy atom. The number of halogens is 1. The summed E-state index contributed by atoms with van der Waals surface area (Å²) in [5.74, 6) is 0.891. The number of hydrogen-bond acceptors (Lipinski definition) is 4. The van der Waals surface area contributed by atoms with Gasteiger partial charge in [0.2, 0.25) is 0 Å². The second-order valence-corrected chi connectivity index (χ2v) is 8.31. The van der Waals surface area contributed by atoms with Gasteiger partial charge in [-0.3, -0.25) is 0 Å². The van der Waals surface area contributed by atoms with Gasteiger partial charge in [-0.1, -0.05) is 41.6 Å². The minimum Gasteiger partial charge on any atom is -0.316 e.